The third-order valence-corrected chi connectivity index (χ3v) is 4.45. The van der Waals surface area contributed by atoms with Gasteiger partial charge in [-0.05, 0) is 30.2 Å². The molecule has 0 spiro atoms. The molecule has 132 valence electrons. The first-order valence-corrected chi connectivity index (χ1v) is 7.97. The largest absolute Gasteiger partial charge is 0.338 e. The van der Waals surface area contributed by atoms with E-state index in [-0.39, 0.29) is 12.0 Å². The van der Waals surface area contributed by atoms with Gasteiger partial charge in [-0.3, -0.25) is 19.7 Å². The van der Waals surface area contributed by atoms with E-state index < -0.39 is 35.0 Å². The highest BCUT2D eigenvalue weighted by molar-refractivity contribution is 6.30. The summed E-state index contributed by atoms with van der Waals surface area (Å²) < 4.78 is 13.4. The van der Waals surface area contributed by atoms with Crippen LogP contribution in [0.25, 0.3) is 0 Å². The second kappa shape index (κ2) is 6.51. The highest BCUT2D eigenvalue weighted by Crippen LogP contribution is 2.34. The minimum atomic E-state index is -1.71. The van der Waals surface area contributed by atoms with Crippen LogP contribution in [0.1, 0.15) is 29.3 Å². The number of carbonyl (C=O) groups excluding carboxylic acids is 4. The Morgan fingerprint density at radius 3 is 2.38 bits per heavy atom. The number of nitrogens with zero attached hydrogens (tertiary/aromatic N) is 1. The highest BCUT2D eigenvalue weighted by atomic mass is 19.1. The Labute approximate surface area is 148 Å². The van der Waals surface area contributed by atoms with Gasteiger partial charge in [-0.25, -0.2) is 9.18 Å². The number of halogens is 1. The number of carbonyl (C=O) groups is 4. The van der Waals surface area contributed by atoms with Gasteiger partial charge in [0, 0.05) is 5.56 Å². The maximum absolute atomic E-state index is 13.4. The number of amides is 5. The molecule has 1 saturated heterocycles. The molecule has 1 unspecified atom stereocenters. The average Bonchev–Trinajstić information content (AvgIpc) is 2.63. The zero-order valence-corrected chi connectivity index (χ0v) is 13.9. The van der Waals surface area contributed by atoms with Gasteiger partial charge in [0.25, 0.3) is 11.8 Å². The number of barbiturate groups is 1. The summed E-state index contributed by atoms with van der Waals surface area (Å²) >= 11 is 0. The Morgan fingerprint density at radius 2 is 1.77 bits per heavy atom. The highest BCUT2D eigenvalue weighted by Gasteiger charge is 2.55. The van der Waals surface area contributed by atoms with Crippen molar-refractivity contribution in [1.82, 2.24) is 10.2 Å². The molecule has 2 aromatic rings. The average molecular weight is 354 g/mol. The number of hydrogen-bond donors (Lipinski definition) is 1. The standard InChI is InChI=1S/C19H15FN2O4/c1-2-19(13-8-4-3-5-9-13)16(24)21-18(26)22(17(19)25)15(23)12-7-6-10-14(20)11-12/h3-11H,2H2,1H3,(H,21,24,26). The van der Waals surface area contributed by atoms with E-state index >= 15 is 0 Å². The molecule has 1 heterocycles. The minimum Gasteiger partial charge on any atom is -0.276 e. The van der Waals surface area contributed by atoms with Crippen LogP contribution in [0.5, 0.6) is 0 Å². The van der Waals surface area contributed by atoms with Crippen molar-refractivity contribution in [2.45, 2.75) is 18.8 Å². The number of imide groups is 4. The Kier molecular flexibility index (Phi) is 4.38. The fourth-order valence-electron chi connectivity index (χ4n) is 3.07. The lowest BCUT2D eigenvalue weighted by Gasteiger charge is -2.38. The zero-order chi connectivity index (χ0) is 18.9. The van der Waals surface area contributed by atoms with Crippen LogP contribution >= 0.6 is 0 Å². The molecule has 0 bridgehead atoms. The Bertz CT molecular complexity index is 913. The van der Waals surface area contributed by atoms with Gasteiger partial charge in [0.05, 0.1) is 0 Å². The van der Waals surface area contributed by atoms with Gasteiger partial charge >= 0.3 is 6.03 Å². The molecule has 1 N–H and O–H groups in total. The Morgan fingerprint density at radius 1 is 1.08 bits per heavy atom. The molecular formula is C19H15FN2O4. The first kappa shape index (κ1) is 17.5. The SMILES string of the molecule is CCC1(c2ccccc2)C(=O)NC(=O)N(C(=O)c2cccc(F)c2)C1=O. The quantitative estimate of drug-likeness (QED) is 0.678. The van der Waals surface area contributed by atoms with Gasteiger partial charge in [0.1, 0.15) is 5.82 Å². The van der Waals surface area contributed by atoms with Crippen molar-refractivity contribution in [3.8, 4) is 0 Å². The molecular weight excluding hydrogens is 339 g/mol. The molecule has 5 amide bonds. The summed E-state index contributed by atoms with van der Waals surface area (Å²) in [6.45, 7) is 1.62. The Balaban J connectivity index is 2.10. The molecule has 3 rings (SSSR count). The second-order valence-corrected chi connectivity index (χ2v) is 5.84. The van der Waals surface area contributed by atoms with E-state index in [9.17, 15) is 23.6 Å². The summed E-state index contributed by atoms with van der Waals surface area (Å²) in [4.78, 5) is 51.0. The van der Waals surface area contributed by atoms with E-state index in [1.807, 2.05) is 0 Å². The summed E-state index contributed by atoms with van der Waals surface area (Å²) in [5, 5.41) is 2.08. The molecule has 26 heavy (non-hydrogen) atoms. The lowest BCUT2D eigenvalue weighted by atomic mass is 9.74. The predicted molar refractivity (Wildman–Crippen MR) is 89.5 cm³/mol. The maximum atomic E-state index is 13.4. The molecule has 0 radical (unpaired) electrons. The fourth-order valence-corrected chi connectivity index (χ4v) is 3.07. The summed E-state index contributed by atoms with van der Waals surface area (Å²) in [5.41, 5.74) is -1.51. The molecule has 0 aromatic heterocycles. The number of nitrogens with one attached hydrogen (secondary N) is 1. The molecule has 6 nitrogen and oxygen atoms in total. The van der Waals surface area contributed by atoms with Crippen LogP contribution in [0.15, 0.2) is 54.6 Å². The lowest BCUT2D eigenvalue weighted by molar-refractivity contribution is -0.143. The molecule has 0 aliphatic carbocycles. The van der Waals surface area contributed by atoms with Crippen molar-refractivity contribution in [1.29, 1.82) is 0 Å². The number of urea groups is 1. The van der Waals surface area contributed by atoms with Crippen LogP contribution in [0.3, 0.4) is 0 Å². The second-order valence-electron chi connectivity index (χ2n) is 5.84. The van der Waals surface area contributed by atoms with Gasteiger partial charge in [-0.2, -0.15) is 4.90 Å². The smallest absolute Gasteiger partial charge is 0.276 e. The van der Waals surface area contributed by atoms with Crippen molar-refractivity contribution in [2.75, 3.05) is 0 Å². The molecule has 1 fully saturated rings. The monoisotopic (exact) mass is 354 g/mol. The van der Waals surface area contributed by atoms with Gasteiger partial charge in [0.2, 0.25) is 5.91 Å². The summed E-state index contributed by atoms with van der Waals surface area (Å²) in [6, 6.07) is 11.7. The zero-order valence-electron chi connectivity index (χ0n) is 13.9. The van der Waals surface area contributed by atoms with Crippen LogP contribution in [-0.2, 0) is 15.0 Å². The third-order valence-electron chi connectivity index (χ3n) is 4.45. The summed E-state index contributed by atoms with van der Waals surface area (Å²) in [7, 11) is 0. The van der Waals surface area contributed by atoms with E-state index in [0.717, 1.165) is 12.1 Å². The molecule has 2 aromatic carbocycles. The van der Waals surface area contributed by atoms with Crippen molar-refractivity contribution in [2.24, 2.45) is 0 Å². The molecule has 1 aliphatic rings. The van der Waals surface area contributed by atoms with Gasteiger partial charge in [-0.1, -0.05) is 43.3 Å². The topological polar surface area (TPSA) is 83.6 Å². The van der Waals surface area contributed by atoms with E-state index in [1.54, 1.807) is 37.3 Å². The number of benzene rings is 2. The van der Waals surface area contributed by atoms with E-state index in [1.165, 1.54) is 12.1 Å². The van der Waals surface area contributed by atoms with Crippen molar-refractivity contribution in [3.63, 3.8) is 0 Å². The molecule has 0 saturated carbocycles. The van der Waals surface area contributed by atoms with Gasteiger partial charge < -0.3 is 0 Å². The van der Waals surface area contributed by atoms with Gasteiger partial charge in [0.15, 0.2) is 5.41 Å². The lowest BCUT2D eigenvalue weighted by Crippen LogP contribution is -2.67. The van der Waals surface area contributed by atoms with Gasteiger partial charge in [-0.15, -0.1) is 0 Å². The number of hydrogen-bond acceptors (Lipinski definition) is 4. The maximum Gasteiger partial charge on any atom is 0.338 e. The Hall–Kier alpha value is -3.35. The van der Waals surface area contributed by atoms with E-state index in [4.69, 9.17) is 0 Å². The van der Waals surface area contributed by atoms with Crippen molar-refractivity contribution < 1.29 is 23.6 Å². The van der Waals surface area contributed by atoms with E-state index in [2.05, 4.69) is 5.32 Å². The molecule has 7 heteroatoms. The van der Waals surface area contributed by atoms with Crippen LogP contribution in [0.4, 0.5) is 9.18 Å². The first-order valence-electron chi connectivity index (χ1n) is 7.97. The van der Waals surface area contributed by atoms with Crippen molar-refractivity contribution >= 4 is 23.8 Å². The predicted octanol–water partition coefficient (Wildman–Crippen LogP) is 2.39. The minimum absolute atomic E-state index is 0.0435. The molecule has 1 atom stereocenters. The van der Waals surface area contributed by atoms with Crippen LogP contribution < -0.4 is 5.32 Å². The van der Waals surface area contributed by atoms with E-state index in [0.29, 0.717) is 10.5 Å². The van der Waals surface area contributed by atoms with Crippen molar-refractivity contribution in [3.05, 3.63) is 71.5 Å². The summed E-state index contributed by atoms with van der Waals surface area (Å²) in [5.74, 6) is -3.41. The van der Waals surface area contributed by atoms with Crippen LogP contribution in [-0.4, -0.2) is 28.7 Å². The van der Waals surface area contributed by atoms with Crippen LogP contribution in [0, 0.1) is 5.82 Å². The first-order chi connectivity index (χ1) is 12.4. The number of rotatable bonds is 3. The third kappa shape index (κ3) is 2.57. The normalized spacial score (nSPS) is 20.1. The summed E-state index contributed by atoms with van der Waals surface area (Å²) in [6.07, 6.45) is 0.0435. The fraction of sp³-hybridized carbons (Fsp3) is 0.158. The molecule has 1 aliphatic heterocycles. The van der Waals surface area contributed by atoms with Crippen LogP contribution in [0.2, 0.25) is 0 Å².